The zero-order chi connectivity index (χ0) is 13.8. The molecule has 0 saturated heterocycles. The number of benzene rings is 1. The van der Waals surface area contributed by atoms with Crippen LogP contribution in [0.3, 0.4) is 0 Å². The number of hydrogen-bond donors (Lipinski definition) is 2. The minimum absolute atomic E-state index is 0.0345. The highest BCUT2D eigenvalue weighted by Gasteiger charge is 2.10. The fourth-order valence-electron chi connectivity index (χ4n) is 1.57. The standard InChI is InChI=1S/C12H13ClN4O2/c1-17-5-4-9(15-17)7-19-11-6-8(13)2-3-10(11)12(14)16-18/h2-6,18H,7H2,1H3,(H2,14,16). The molecule has 100 valence electrons. The Labute approximate surface area is 115 Å². The summed E-state index contributed by atoms with van der Waals surface area (Å²) in [5, 5.41) is 16.4. The Balaban J connectivity index is 2.21. The Kier molecular flexibility index (Phi) is 3.91. The van der Waals surface area contributed by atoms with E-state index in [9.17, 15) is 0 Å². The van der Waals surface area contributed by atoms with E-state index in [1.54, 1.807) is 22.9 Å². The van der Waals surface area contributed by atoms with E-state index in [1.807, 2.05) is 19.3 Å². The van der Waals surface area contributed by atoms with Gasteiger partial charge in [-0.3, -0.25) is 4.68 Å². The van der Waals surface area contributed by atoms with Crippen molar-refractivity contribution in [3.05, 3.63) is 46.7 Å². The average molecular weight is 281 g/mol. The van der Waals surface area contributed by atoms with Crippen molar-refractivity contribution in [2.24, 2.45) is 17.9 Å². The zero-order valence-electron chi connectivity index (χ0n) is 10.2. The van der Waals surface area contributed by atoms with Gasteiger partial charge in [0.1, 0.15) is 12.4 Å². The van der Waals surface area contributed by atoms with Crippen LogP contribution in [0.5, 0.6) is 5.75 Å². The number of halogens is 1. The summed E-state index contributed by atoms with van der Waals surface area (Å²) >= 11 is 5.91. The van der Waals surface area contributed by atoms with Crippen LogP contribution in [-0.2, 0) is 13.7 Å². The molecule has 2 aromatic rings. The summed E-state index contributed by atoms with van der Waals surface area (Å²) in [6.07, 6.45) is 1.82. The van der Waals surface area contributed by atoms with Crippen LogP contribution in [-0.4, -0.2) is 20.8 Å². The number of rotatable bonds is 4. The highest BCUT2D eigenvalue weighted by atomic mass is 35.5. The third kappa shape index (κ3) is 3.17. The molecule has 0 fully saturated rings. The summed E-state index contributed by atoms with van der Waals surface area (Å²) in [7, 11) is 1.82. The van der Waals surface area contributed by atoms with E-state index < -0.39 is 0 Å². The smallest absolute Gasteiger partial charge is 0.173 e. The van der Waals surface area contributed by atoms with Crippen LogP contribution < -0.4 is 10.5 Å². The number of amidine groups is 1. The van der Waals surface area contributed by atoms with Gasteiger partial charge in [-0.2, -0.15) is 5.10 Å². The quantitative estimate of drug-likeness (QED) is 0.387. The molecule has 0 spiro atoms. The summed E-state index contributed by atoms with van der Waals surface area (Å²) in [6, 6.07) is 6.72. The van der Waals surface area contributed by atoms with Gasteiger partial charge in [-0.15, -0.1) is 0 Å². The molecular weight excluding hydrogens is 268 g/mol. The zero-order valence-corrected chi connectivity index (χ0v) is 11.0. The summed E-state index contributed by atoms with van der Waals surface area (Å²) in [5.74, 6) is 0.404. The predicted molar refractivity (Wildman–Crippen MR) is 71.5 cm³/mol. The van der Waals surface area contributed by atoms with E-state index in [-0.39, 0.29) is 12.4 Å². The van der Waals surface area contributed by atoms with Crippen molar-refractivity contribution >= 4 is 17.4 Å². The van der Waals surface area contributed by atoms with Crippen LogP contribution >= 0.6 is 11.6 Å². The van der Waals surface area contributed by atoms with Crippen molar-refractivity contribution in [3.8, 4) is 5.75 Å². The average Bonchev–Trinajstić information content (AvgIpc) is 2.81. The van der Waals surface area contributed by atoms with Crippen LogP contribution in [0.4, 0.5) is 0 Å². The molecule has 1 aromatic heterocycles. The Morgan fingerprint density at radius 3 is 2.95 bits per heavy atom. The van der Waals surface area contributed by atoms with E-state index in [0.29, 0.717) is 16.3 Å². The molecule has 7 heteroatoms. The Hall–Kier alpha value is -2.21. The molecule has 0 aliphatic rings. The summed E-state index contributed by atoms with van der Waals surface area (Å²) in [6.45, 7) is 0.271. The minimum Gasteiger partial charge on any atom is -0.486 e. The van der Waals surface area contributed by atoms with E-state index >= 15 is 0 Å². The van der Waals surface area contributed by atoms with Crippen molar-refractivity contribution in [3.63, 3.8) is 0 Å². The Morgan fingerprint density at radius 1 is 1.53 bits per heavy atom. The minimum atomic E-state index is -0.0345. The first kappa shape index (κ1) is 13.2. The number of nitrogens with zero attached hydrogens (tertiary/aromatic N) is 3. The lowest BCUT2D eigenvalue weighted by atomic mass is 10.2. The second-order valence-electron chi connectivity index (χ2n) is 3.90. The molecule has 6 nitrogen and oxygen atoms in total. The van der Waals surface area contributed by atoms with Crippen LogP contribution in [0.15, 0.2) is 35.6 Å². The topological polar surface area (TPSA) is 85.7 Å². The first-order valence-electron chi connectivity index (χ1n) is 5.49. The summed E-state index contributed by atoms with van der Waals surface area (Å²) < 4.78 is 7.29. The molecule has 2 rings (SSSR count). The molecule has 0 atom stereocenters. The van der Waals surface area contributed by atoms with Crippen LogP contribution in [0, 0.1) is 0 Å². The van der Waals surface area contributed by atoms with Crippen LogP contribution in [0.1, 0.15) is 11.3 Å². The highest BCUT2D eigenvalue weighted by Crippen LogP contribution is 2.24. The van der Waals surface area contributed by atoms with Gasteiger partial charge in [0.05, 0.1) is 11.3 Å². The fraction of sp³-hybridized carbons (Fsp3) is 0.167. The molecule has 0 bridgehead atoms. The van der Waals surface area contributed by atoms with Crippen molar-refractivity contribution in [2.45, 2.75) is 6.61 Å². The molecule has 0 saturated carbocycles. The van der Waals surface area contributed by atoms with Gasteiger partial charge in [0, 0.05) is 18.3 Å². The van der Waals surface area contributed by atoms with Crippen molar-refractivity contribution in [1.82, 2.24) is 9.78 Å². The first-order chi connectivity index (χ1) is 9.10. The third-order valence-corrected chi connectivity index (χ3v) is 2.71. The highest BCUT2D eigenvalue weighted by molar-refractivity contribution is 6.30. The molecule has 1 heterocycles. The van der Waals surface area contributed by atoms with Gasteiger partial charge in [0.25, 0.3) is 0 Å². The molecule has 3 N–H and O–H groups in total. The predicted octanol–water partition coefficient (Wildman–Crippen LogP) is 1.75. The largest absolute Gasteiger partial charge is 0.486 e. The maximum Gasteiger partial charge on any atom is 0.173 e. The summed E-state index contributed by atoms with van der Waals surface area (Å²) in [5.41, 5.74) is 6.82. The lowest BCUT2D eigenvalue weighted by Gasteiger charge is -2.10. The number of hydrogen-bond acceptors (Lipinski definition) is 4. The van der Waals surface area contributed by atoms with E-state index in [2.05, 4.69) is 10.3 Å². The monoisotopic (exact) mass is 280 g/mol. The van der Waals surface area contributed by atoms with Gasteiger partial charge in [0.15, 0.2) is 5.84 Å². The van der Waals surface area contributed by atoms with Gasteiger partial charge < -0.3 is 15.7 Å². The molecule has 1 aromatic carbocycles. The Morgan fingerprint density at radius 2 is 2.32 bits per heavy atom. The molecule has 0 aliphatic carbocycles. The van der Waals surface area contributed by atoms with Crippen molar-refractivity contribution in [1.29, 1.82) is 0 Å². The molecular formula is C12H13ClN4O2. The lowest BCUT2D eigenvalue weighted by Crippen LogP contribution is -2.15. The Bertz CT molecular complexity index is 610. The van der Waals surface area contributed by atoms with E-state index in [0.717, 1.165) is 5.69 Å². The number of ether oxygens (including phenoxy) is 1. The number of nitrogens with two attached hydrogens (primary N) is 1. The maximum absolute atomic E-state index is 8.73. The normalized spacial score (nSPS) is 11.6. The van der Waals surface area contributed by atoms with Gasteiger partial charge in [-0.05, 0) is 24.3 Å². The van der Waals surface area contributed by atoms with Gasteiger partial charge in [-0.1, -0.05) is 16.8 Å². The SMILES string of the molecule is Cn1ccc(COc2cc(Cl)ccc2/C(N)=N/O)n1. The molecule has 0 amide bonds. The van der Waals surface area contributed by atoms with E-state index in [1.165, 1.54) is 0 Å². The third-order valence-electron chi connectivity index (χ3n) is 2.47. The lowest BCUT2D eigenvalue weighted by molar-refractivity contribution is 0.298. The van der Waals surface area contributed by atoms with Gasteiger partial charge >= 0.3 is 0 Å². The second-order valence-corrected chi connectivity index (χ2v) is 4.33. The van der Waals surface area contributed by atoms with Gasteiger partial charge in [0.2, 0.25) is 0 Å². The maximum atomic E-state index is 8.73. The number of aryl methyl sites for hydroxylation is 1. The molecule has 0 aliphatic heterocycles. The summed E-state index contributed by atoms with van der Waals surface area (Å²) in [4.78, 5) is 0. The van der Waals surface area contributed by atoms with Crippen molar-refractivity contribution in [2.75, 3.05) is 0 Å². The second kappa shape index (κ2) is 5.62. The van der Waals surface area contributed by atoms with E-state index in [4.69, 9.17) is 27.3 Å². The van der Waals surface area contributed by atoms with Gasteiger partial charge in [-0.25, -0.2) is 0 Å². The number of aromatic nitrogens is 2. The fourth-order valence-corrected chi connectivity index (χ4v) is 1.74. The molecule has 19 heavy (non-hydrogen) atoms. The van der Waals surface area contributed by atoms with Crippen LogP contribution in [0.2, 0.25) is 5.02 Å². The molecule has 0 unspecified atom stereocenters. The molecule has 0 radical (unpaired) electrons. The number of oxime groups is 1. The van der Waals surface area contributed by atoms with Crippen molar-refractivity contribution < 1.29 is 9.94 Å². The first-order valence-corrected chi connectivity index (χ1v) is 5.86. The van der Waals surface area contributed by atoms with Crippen LogP contribution in [0.25, 0.3) is 0 Å².